The van der Waals surface area contributed by atoms with Crippen LogP contribution in [0.3, 0.4) is 0 Å². The number of carbonyl (C=O) groups is 1. The number of benzene rings is 2. The molecule has 1 N–H and O–H groups in total. The van der Waals surface area contributed by atoms with Gasteiger partial charge in [-0.05, 0) is 56.2 Å². The highest BCUT2D eigenvalue weighted by molar-refractivity contribution is 6.31. The Labute approximate surface area is 200 Å². The lowest BCUT2D eigenvalue weighted by atomic mass is 10.1. The summed E-state index contributed by atoms with van der Waals surface area (Å²) >= 11 is 6.29. The van der Waals surface area contributed by atoms with E-state index in [-0.39, 0.29) is 28.8 Å². The molecule has 2 aromatic carbocycles. The van der Waals surface area contributed by atoms with Gasteiger partial charge in [0.15, 0.2) is 0 Å². The van der Waals surface area contributed by atoms with Crippen LogP contribution in [0.25, 0.3) is 5.69 Å². The van der Waals surface area contributed by atoms with Crippen LogP contribution < -0.4 is 10.3 Å². The first-order valence-corrected chi connectivity index (χ1v) is 11.0. The lowest BCUT2D eigenvalue weighted by molar-refractivity contribution is -0.148. The van der Waals surface area contributed by atoms with E-state index in [4.69, 9.17) is 16.3 Å². The number of aryl methyl sites for hydroxylation is 1. The third-order valence-corrected chi connectivity index (χ3v) is 6.03. The fourth-order valence-electron chi connectivity index (χ4n) is 3.95. The van der Waals surface area contributed by atoms with Gasteiger partial charge in [0, 0.05) is 42.2 Å². The molecule has 0 fully saturated rings. The van der Waals surface area contributed by atoms with Crippen molar-refractivity contribution in [2.75, 3.05) is 0 Å². The Hall–Kier alpha value is -3.23. The average Bonchev–Trinajstić information content (AvgIpc) is 3.18. The zero-order chi connectivity index (χ0) is 24.8. The van der Waals surface area contributed by atoms with Crippen molar-refractivity contribution >= 4 is 17.5 Å². The van der Waals surface area contributed by atoms with Crippen molar-refractivity contribution < 1.29 is 23.4 Å². The Morgan fingerprint density at radius 1 is 1.12 bits per heavy atom. The zero-order valence-corrected chi connectivity index (χ0v) is 19.6. The van der Waals surface area contributed by atoms with E-state index in [2.05, 4.69) is 0 Å². The van der Waals surface area contributed by atoms with Crippen LogP contribution in [0.4, 0.5) is 8.78 Å². The van der Waals surface area contributed by atoms with E-state index in [1.54, 1.807) is 24.0 Å². The summed E-state index contributed by atoms with van der Waals surface area (Å²) in [6.45, 7) is 5.07. The number of aromatic nitrogens is 1. The molecule has 34 heavy (non-hydrogen) atoms. The maximum absolute atomic E-state index is 13.9. The van der Waals surface area contributed by atoms with Crippen molar-refractivity contribution in [1.82, 2.24) is 9.47 Å². The van der Waals surface area contributed by atoms with Gasteiger partial charge in [0.05, 0.1) is 0 Å². The van der Waals surface area contributed by atoms with Crippen LogP contribution in [0.2, 0.25) is 5.02 Å². The zero-order valence-electron chi connectivity index (χ0n) is 18.9. The molecule has 2 heterocycles. The Morgan fingerprint density at radius 2 is 1.82 bits per heavy atom. The van der Waals surface area contributed by atoms with Gasteiger partial charge in [-0.1, -0.05) is 17.7 Å². The maximum atomic E-state index is 13.9. The molecule has 1 amide bonds. The van der Waals surface area contributed by atoms with Gasteiger partial charge in [-0.2, -0.15) is 0 Å². The Morgan fingerprint density at radius 3 is 2.50 bits per heavy atom. The molecule has 0 atom stereocenters. The number of hydrogen-bond donors (Lipinski definition) is 1. The first-order chi connectivity index (χ1) is 16.0. The number of aliphatic hydroxyl groups is 1. The van der Waals surface area contributed by atoms with Gasteiger partial charge in [0.25, 0.3) is 11.5 Å². The molecule has 0 aliphatic carbocycles. The quantitative estimate of drug-likeness (QED) is 0.582. The highest BCUT2D eigenvalue weighted by Crippen LogP contribution is 2.29. The third kappa shape index (κ3) is 4.56. The minimum absolute atomic E-state index is 0.0900. The minimum atomic E-state index is -1.47. The van der Waals surface area contributed by atoms with Crippen LogP contribution in [-0.2, 0) is 24.5 Å². The van der Waals surface area contributed by atoms with Crippen molar-refractivity contribution in [3.8, 4) is 11.4 Å². The molecule has 0 radical (unpaired) electrons. The summed E-state index contributed by atoms with van der Waals surface area (Å²) in [6.07, 6.45) is 0. The Balaban J connectivity index is 1.60. The number of pyridine rings is 1. The molecule has 0 spiro atoms. The van der Waals surface area contributed by atoms with Gasteiger partial charge in [0.2, 0.25) is 0 Å². The number of carbonyl (C=O) groups excluding carboxylic acids is 1. The number of amides is 1. The van der Waals surface area contributed by atoms with Crippen LogP contribution >= 0.6 is 11.6 Å². The normalized spacial score (nSPS) is 13.2. The number of rotatable bonds is 5. The predicted molar refractivity (Wildman–Crippen MR) is 123 cm³/mol. The van der Waals surface area contributed by atoms with Crippen LogP contribution in [0.15, 0.2) is 47.3 Å². The van der Waals surface area contributed by atoms with Gasteiger partial charge in [-0.3, -0.25) is 14.2 Å². The van der Waals surface area contributed by atoms with Crippen LogP contribution in [0.5, 0.6) is 5.75 Å². The topological polar surface area (TPSA) is 71.8 Å². The van der Waals surface area contributed by atoms with Crippen LogP contribution in [0, 0.1) is 18.6 Å². The molecule has 178 valence electrons. The standard InChI is InChI=1S/C25H23ClF2N2O4/c1-14-8-21(34-13-16-4-6-18(27)10-20(16)28)22(26)23(31)30(14)19-7-5-15-11-29(12-17(15)9-19)24(32)25(2,3)33/h4-10,33H,11-13H2,1-3H3. The van der Waals surface area contributed by atoms with E-state index in [1.807, 2.05) is 12.1 Å². The highest BCUT2D eigenvalue weighted by Gasteiger charge is 2.33. The molecule has 1 aliphatic heterocycles. The Bertz CT molecular complexity index is 1350. The van der Waals surface area contributed by atoms with Gasteiger partial charge >= 0.3 is 0 Å². The molecule has 6 nitrogen and oxygen atoms in total. The first kappa shape index (κ1) is 23.9. The Kier molecular flexibility index (Phi) is 6.22. The SMILES string of the molecule is Cc1cc(OCc2ccc(F)cc2F)c(Cl)c(=O)n1-c1ccc2c(c1)CN(C(=O)C(C)(C)O)C2. The third-order valence-electron chi connectivity index (χ3n) is 5.68. The van der Waals surface area contributed by atoms with Crippen molar-refractivity contribution in [2.24, 2.45) is 0 Å². The second kappa shape index (κ2) is 8.85. The minimum Gasteiger partial charge on any atom is -0.487 e. The summed E-state index contributed by atoms with van der Waals surface area (Å²) in [6, 6.07) is 10.1. The van der Waals surface area contributed by atoms with Crippen molar-refractivity contribution in [3.63, 3.8) is 0 Å². The van der Waals surface area contributed by atoms with Crippen LogP contribution in [0.1, 0.15) is 36.2 Å². The molecule has 1 aliphatic rings. The van der Waals surface area contributed by atoms with Gasteiger partial charge < -0.3 is 14.7 Å². The number of hydrogen-bond acceptors (Lipinski definition) is 4. The van der Waals surface area contributed by atoms with E-state index in [0.29, 0.717) is 24.5 Å². The van der Waals surface area contributed by atoms with Crippen molar-refractivity contribution in [1.29, 1.82) is 0 Å². The molecule has 0 saturated heterocycles. The summed E-state index contributed by atoms with van der Waals surface area (Å²) in [5.41, 5.74) is 1.03. The lowest BCUT2D eigenvalue weighted by Gasteiger charge is -2.24. The van der Waals surface area contributed by atoms with E-state index in [9.17, 15) is 23.5 Å². The lowest BCUT2D eigenvalue weighted by Crippen LogP contribution is -2.42. The molecule has 3 aromatic rings. The van der Waals surface area contributed by atoms with Crippen LogP contribution in [-0.4, -0.2) is 26.1 Å². The molecule has 9 heteroatoms. The van der Waals surface area contributed by atoms with Gasteiger partial charge in [-0.15, -0.1) is 0 Å². The summed E-state index contributed by atoms with van der Waals surface area (Å²) in [7, 11) is 0. The molecular formula is C25H23ClF2N2O4. The molecular weight excluding hydrogens is 466 g/mol. The number of ether oxygens (including phenoxy) is 1. The van der Waals surface area contributed by atoms with Crippen molar-refractivity contribution in [2.45, 2.75) is 46.1 Å². The van der Waals surface area contributed by atoms with E-state index in [1.165, 1.54) is 24.5 Å². The predicted octanol–water partition coefficient (Wildman–Crippen LogP) is 4.27. The molecule has 0 unspecified atom stereocenters. The van der Waals surface area contributed by atoms with Crippen molar-refractivity contribution in [3.05, 3.63) is 91.9 Å². The van der Waals surface area contributed by atoms with E-state index >= 15 is 0 Å². The average molecular weight is 489 g/mol. The van der Waals surface area contributed by atoms with E-state index in [0.717, 1.165) is 23.3 Å². The van der Waals surface area contributed by atoms with Gasteiger partial charge in [0.1, 0.15) is 34.6 Å². The summed E-state index contributed by atoms with van der Waals surface area (Å²) in [4.78, 5) is 27.1. The number of halogens is 3. The van der Waals surface area contributed by atoms with E-state index < -0.39 is 22.8 Å². The fraction of sp³-hybridized carbons (Fsp3) is 0.280. The monoisotopic (exact) mass is 488 g/mol. The second-order valence-electron chi connectivity index (χ2n) is 8.80. The summed E-state index contributed by atoms with van der Waals surface area (Å²) in [5.74, 6) is -1.73. The first-order valence-electron chi connectivity index (χ1n) is 10.6. The molecule has 0 bridgehead atoms. The maximum Gasteiger partial charge on any atom is 0.277 e. The second-order valence-corrected chi connectivity index (χ2v) is 9.18. The number of fused-ring (bicyclic) bond motifs is 1. The number of nitrogens with zero attached hydrogens (tertiary/aromatic N) is 2. The largest absolute Gasteiger partial charge is 0.487 e. The summed E-state index contributed by atoms with van der Waals surface area (Å²) < 4.78 is 34.0. The molecule has 0 saturated carbocycles. The highest BCUT2D eigenvalue weighted by atomic mass is 35.5. The smallest absolute Gasteiger partial charge is 0.277 e. The fourth-order valence-corrected chi connectivity index (χ4v) is 4.15. The summed E-state index contributed by atoms with van der Waals surface area (Å²) in [5, 5.41) is 9.86. The van der Waals surface area contributed by atoms with Gasteiger partial charge in [-0.25, -0.2) is 8.78 Å². The molecule has 1 aromatic heterocycles. The molecule has 4 rings (SSSR count).